The first kappa shape index (κ1) is 39.7. The Kier molecular flexibility index (Phi) is 12.9. The van der Waals surface area contributed by atoms with E-state index in [-0.39, 0.29) is 30.0 Å². The van der Waals surface area contributed by atoms with E-state index in [1.165, 1.54) is 44.9 Å². The van der Waals surface area contributed by atoms with E-state index in [1.807, 2.05) is 29.9 Å². The van der Waals surface area contributed by atoms with Crippen molar-refractivity contribution < 1.29 is 9.59 Å². The molecule has 3 aliphatic rings. The SMILES string of the molecule is CCCc1cc(C)[nH]c(=O)c1CNC(=O)c1cc(-c2ccc(N3CCN(CCNC(=O)CCCC4CC5CCCC(C4)C5)CC3)nc2)cc2c1cnn2C(C)C. The Balaban J connectivity index is 0.924. The molecule has 2 amide bonds. The number of carbonyl (C=O) groups is 2. The van der Waals surface area contributed by atoms with Crippen molar-refractivity contribution in [3.8, 4) is 11.1 Å². The van der Waals surface area contributed by atoms with Crippen molar-refractivity contribution >= 4 is 28.5 Å². The molecule has 2 bridgehead atoms. The van der Waals surface area contributed by atoms with Crippen molar-refractivity contribution in [2.45, 2.75) is 111 Å². The van der Waals surface area contributed by atoms with Crippen LogP contribution in [0.3, 0.4) is 0 Å². The first-order valence-corrected chi connectivity index (χ1v) is 21.4. The van der Waals surface area contributed by atoms with Gasteiger partial charge in [-0.15, -0.1) is 0 Å². The maximum Gasteiger partial charge on any atom is 0.253 e. The van der Waals surface area contributed by atoms with Gasteiger partial charge < -0.3 is 20.5 Å². The summed E-state index contributed by atoms with van der Waals surface area (Å²) in [7, 11) is 0. The van der Waals surface area contributed by atoms with Gasteiger partial charge in [-0.25, -0.2) is 4.98 Å². The van der Waals surface area contributed by atoms with Gasteiger partial charge in [0.15, 0.2) is 0 Å². The summed E-state index contributed by atoms with van der Waals surface area (Å²) in [4.78, 5) is 51.8. The van der Waals surface area contributed by atoms with Crippen molar-refractivity contribution in [2.24, 2.45) is 17.8 Å². The number of aromatic amines is 1. The fourth-order valence-corrected chi connectivity index (χ4v) is 9.69. The zero-order valence-corrected chi connectivity index (χ0v) is 34.0. The standard InChI is InChI=1S/C45H62N8O3/c1-5-8-35-21-31(4)50-45(56)39(35)28-48-44(55)38-25-37(26-41-40(38)29-49-53(41)30(2)3)36-13-14-42(47-27-36)52-19-17-51(18-20-52)16-15-46-43(54)12-7-11-34-23-32-9-6-10-33(22-32)24-34/h13-14,21,25-27,29-30,32-34H,5-12,15-20,22-24,28H2,1-4H3,(H,46,54)(H,48,55)(H,50,56). The van der Waals surface area contributed by atoms with Crippen molar-refractivity contribution in [2.75, 3.05) is 44.2 Å². The number of H-pyrrole nitrogens is 1. The van der Waals surface area contributed by atoms with E-state index in [4.69, 9.17) is 4.98 Å². The minimum Gasteiger partial charge on any atom is -0.355 e. The molecule has 11 nitrogen and oxygen atoms in total. The Bertz CT molecular complexity index is 2020. The second-order valence-corrected chi connectivity index (χ2v) is 17.1. The molecule has 56 heavy (non-hydrogen) atoms. The van der Waals surface area contributed by atoms with Crippen LogP contribution in [0.4, 0.5) is 5.82 Å². The summed E-state index contributed by atoms with van der Waals surface area (Å²) in [5, 5.41) is 11.6. The lowest BCUT2D eigenvalue weighted by Gasteiger charge is -2.39. The fourth-order valence-electron chi connectivity index (χ4n) is 9.69. The Morgan fingerprint density at radius 1 is 0.964 bits per heavy atom. The number of nitrogens with one attached hydrogen (secondary N) is 3. The Labute approximate surface area is 332 Å². The molecule has 3 aromatic heterocycles. The van der Waals surface area contributed by atoms with Gasteiger partial charge >= 0.3 is 0 Å². The van der Waals surface area contributed by atoms with Crippen molar-refractivity contribution in [1.82, 2.24) is 35.3 Å². The van der Waals surface area contributed by atoms with Gasteiger partial charge in [-0.2, -0.15) is 5.10 Å². The number of amides is 2. The van der Waals surface area contributed by atoms with E-state index in [1.54, 1.807) is 6.20 Å². The first-order chi connectivity index (χ1) is 27.1. The molecule has 11 heteroatoms. The summed E-state index contributed by atoms with van der Waals surface area (Å²) in [6, 6.07) is 10.2. The third kappa shape index (κ3) is 9.53. The summed E-state index contributed by atoms with van der Waals surface area (Å²) >= 11 is 0. The number of aromatic nitrogens is 4. The average molecular weight is 763 g/mol. The zero-order valence-electron chi connectivity index (χ0n) is 34.0. The number of nitrogens with zero attached hydrogens (tertiary/aromatic N) is 5. The lowest BCUT2D eigenvalue weighted by Crippen LogP contribution is -2.48. The smallest absolute Gasteiger partial charge is 0.253 e. The van der Waals surface area contributed by atoms with Crippen LogP contribution in [0.2, 0.25) is 0 Å². The van der Waals surface area contributed by atoms with Crippen LogP contribution in [0.15, 0.2) is 47.5 Å². The van der Waals surface area contributed by atoms with Gasteiger partial charge in [-0.05, 0) is 119 Å². The summed E-state index contributed by atoms with van der Waals surface area (Å²) < 4.78 is 1.94. The maximum absolute atomic E-state index is 13.8. The van der Waals surface area contributed by atoms with Crippen LogP contribution in [0.1, 0.15) is 118 Å². The van der Waals surface area contributed by atoms with Gasteiger partial charge in [0.1, 0.15) is 5.82 Å². The number of hydrogen-bond acceptors (Lipinski definition) is 7. The first-order valence-electron chi connectivity index (χ1n) is 21.4. The highest BCUT2D eigenvalue weighted by molar-refractivity contribution is 6.08. The molecule has 4 aromatic rings. The van der Waals surface area contributed by atoms with E-state index in [2.05, 4.69) is 69.5 Å². The summed E-state index contributed by atoms with van der Waals surface area (Å²) in [5.74, 6) is 3.64. The van der Waals surface area contributed by atoms with E-state index < -0.39 is 0 Å². The number of fused-ring (bicyclic) bond motifs is 3. The van der Waals surface area contributed by atoms with Gasteiger partial charge in [0.05, 0.1) is 17.3 Å². The van der Waals surface area contributed by atoms with Crippen LogP contribution in [-0.2, 0) is 17.8 Å². The van der Waals surface area contributed by atoms with Gasteiger partial charge in [0, 0.05) is 86.7 Å². The topological polar surface area (TPSA) is 128 Å². The third-order valence-corrected chi connectivity index (χ3v) is 12.5. The van der Waals surface area contributed by atoms with E-state index in [0.29, 0.717) is 24.1 Å². The highest BCUT2D eigenvalue weighted by Gasteiger charge is 2.31. The maximum atomic E-state index is 13.8. The average Bonchev–Trinajstić information content (AvgIpc) is 3.62. The Morgan fingerprint density at radius 2 is 1.75 bits per heavy atom. The van der Waals surface area contributed by atoms with E-state index in [0.717, 1.165) is 109 Å². The number of hydrogen-bond donors (Lipinski definition) is 3. The Morgan fingerprint density at radius 3 is 2.46 bits per heavy atom. The molecule has 2 unspecified atom stereocenters. The van der Waals surface area contributed by atoms with Gasteiger partial charge in [0.25, 0.3) is 11.5 Å². The molecule has 3 fully saturated rings. The summed E-state index contributed by atoms with van der Waals surface area (Å²) in [6.45, 7) is 13.4. The second-order valence-electron chi connectivity index (χ2n) is 17.1. The number of anilines is 1. The summed E-state index contributed by atoms with van der Waals surface area (Å²) in [5.41, 5.74) is 5.41. The molecule has 1 aromatic carbocycles. The van der Waals surface area contributed by atoms with Crippen molar-refractivity contribution in [3.05, 3.63) is 75.5 Å². The molecule has 1 saturated heterocycles. The lowest BCUT2D eigenvalue weighted by atomic mass is 9.67. The molecule has 2 saturated carbocycles. The van der Waals surface area contributed by atoms with Crippen LogP contribution < -0.4 is 21.1 Å². The van der Waals surface area contributed by atoms with Crippen LogP contribution in [-0.4, -0.2) is 75.7 Å². The molecule has 2 atom stereocenters. The number of rotatable bonds is 15. The van der Waals surface area contributed by atoms with Crippen LogP contribution >= 0.6 is 0 Å². The van der Waals surface area contributed by atoms with E-state index >= 15 is 0 Å². The Hall–Kier alpha value is -4.51. The molecule has 2 aliphatic carbocycles. The molecule has 0 radical (unpaired) electrons. The zero-order chi connectivity index (χ0) is 39.2. The molecule has 7 rings (SSSR count). The normalized spacial score (nSPS) is 20.1. The largest absolute Gasteiger partial charge is 0.355 e. The van der Waals surface area contributed by atoms with Crippen LogP contribution in [0.25, 0.3) is 22.0 Å². The minimum absolute atomic E-state index is 0.104. The number of benzene rings is 1. The number of piperazine rings is 1. The highest BCUT2D eigenvalue weighted by atomic mass is 16.2. The number of aryl methyl sites for hydroxylation is 2. The molecule has 0 spiro atoms. The van der Waals surface area contributed by atoms with Gasteiger partial charge in [0.2, 0.25) is 5.91 Å². The molecular weight excluding hydrogens is 701 g/mol. The fraction of sp³-hybridized carbons (Fsp3) is 0.578. The van der Waals surface area contributed by atoms with E-state index in [9.17, 15) is 14.4 Å². The molecule has 4 heterocycles. The van der Waals surface area contributed by atoms with Crippen LogP contribution in [0.5, 0.6) is 0 Å². The predicted octanol–water partition coefficient (Wildman–Crippen LogP) is 7.18. The van der Waals surface area contributed by atoms with Gasteiger partial charge in [-0.3, -0.25) is 24.0 Å². The summed E-state index contributed by atoms with van der Waals surface area (Å²) in [6.07, 6.45) is 16.8. The van der Waals surface area contributed by atoms with Crippen molar-refractivity contribution in [1.29, 1.82) is 0 Å². The molecule has 1 aliphatic heterocycles. The third-order valence-electron chi connectivity index (χ3n) is 12.5. The molecule has 300 valence electrons. The lowest BCUT2D eigenvalue weighted by molar-refractivity contribution is -0.121. The number of carbonyl (C=O) groups excluding carboxylic acids is 2. The number of pyridine rings is 2. The van der Waals surface area contributed by atoms with Crippen LogP contribution in [0, 0.1) is 24.7 Å². The van der Waals surface area contributed by atoms with Crippen molar-refractivity contribution in [3.63, 3.8) is 0 Å². The highest BCUT2D eigenvalue weighted by Crippen LogP contribution is 2.44. The predicted molar refractivity (Wildman–Crippen MR) is 224 cm³/mol. The monoisotopic (exact) mass is 762 g/mol. The quantitative estimate of drug-likeness (QED) is 0.117. The molecule has 3 N–H and O–H groups in total. The molecular formula is C45H62N8O3. The minimum atomic E-state index is -0.249. The second kappa shape index (κ2) is 18.2. The van der Waals surface area contributed by atoms with Gasteiger partial charge in [-0.1, -0.05) is 32.6 Å².